The van der Waals surface area contributed by atoms with E-state index in [1.807, 2.05) is 32.0 Å². The number of aryl methyl sites for hydroxylation is 2. The number of carbonyl (C=O) groups excluding carboxylic acids is 1. The maximum Gasteiger partial charge on any atom is 0.251 e. The van der Waals surface area contributed by atoms with Crippen LogP contribution in [-0.2, 0) is 19.6 Å². The summed E-state index contributed by atoms with van der Waals surface area (Å²) in [6.07, 6.45) is 0. The quantitative estimate of drug-likeness (QED) is 0.907. The summed E-state index contributed by atoms with van der Waals surface area (Å²) in [5.74, 6) is -0.00479. The van der Waals surface area contributed by atoms with Gasteiger partial charge in [-0.25, -0.2) is 0 Å². The van der Waals surface area contributed by atoms with Gasteiger partial charge in [-0.05, 0) is 42.2 Å². The topological polar surface area (TPSA) is 41.1 Å². The molecule has 21 heavy (non-hydrogen) atoms. The van der Waals surface area contributed by atoms with Gasteiger partial charge < -0.3 is 10.6 Å². The van der Waals surface area contributed by atoms with Gasteiger partial charge in [0.2, 0.25) is 0 Å². The maximum absolute atomic E-state index is 12.3. The fourth-order valence-electron chi connectivity index (χ4n) is 2.72. The van der Waals surface area contributed by atoms with Gasteiger partial charge in [0, 0.05) is 25.2 Å². The van der Waals surface area contributed by atoms with Crippen molar-refractivity contribution in [3.8, 4) is 0 Å². The van der Waals surface area contributed by atoms with Crippen molar-refractivity contribution in [2.45, 2.75) is 33.5 Å². The molecular weight excluding hydrogens is 260 g/mol. The monoisotopic (exact) mass is 280 g/mol. The first-order valence-corrected chi connectivity index (χ1v) is 7.30. The Balaban J connectivity index is 1.70. The maximum atomic E-state index is 12.3. The average molecular weight is 280 g/mol. The van der Waals surface area contributed by atoms with E-state index in [1.165, 1.54) is 11.1 Å². The van der Waals surface area contributed by atoms with Gasteiger partial charge in [-0.3, -0.25) is 4.79 Å². The fourth-order valence-corrected chi connectivity index (χ4v) is 2.72. The minimum absolute atomic E-state index is 0.00479. The molecule has 1 aliphatic heterocycles. The molecule has 0 radical (unpaired) electrons. The zero-order valence-corrected chi connectivity index (χ0v) is 12.5. The predicted octanol–water partition coefficient (Wildman–Crippen LogP) is 2.84. The van der Waals surface area contributed by atoms with Gasteiger partial charge in [0.1, 0.15) is 0 Å². The summed E-state index contributed by atoms with van der Waals surface area (Å²) in [7, 11) is 0. The Kier molecular flexibility index (Phi) is 3.76. The van der Waals surface area contributed by atoms with E-state index in [0.717, 1.165) is 35.3 Å². The Morgan fingerprint density at radius 3 is 2.76 bits per heavy atom. The normalized spacial score (nSPS) is 13.0. The van der Waals surface area contributed by atoms with Gasteiger partial charge in [0.25, 0.3) is 5.91 Å². The molecule has 2 aromatic carbocycles. The summed E-state index contributed by atoms with van der Waals surface area (Å²) in [6, 6.07) is 12.4. The van der Waals surface area contributed by atoms with Crippen LogP contribution in [0, 0.1) is 13.8 Å². The Morgan fingerprint density at radius 2 is 1.90 bits per heavy atom. The lowest BCUT2D eigenvalue weighted by Gasteiger charge is -2.09. The van der Waals surface area contributed by atoms with Crippen LogP contribution >= 0.6 is 0 Å². The van der Waals surface area contributed by atoms with Crippen LogP contribution in [0.15, 0.2) is 36.4 Å². The molecule has 0 atom stereocenters. The Bertz CT molecular complexity index is 692. The van der Waals surface area contributed by atoms with E-state index in [2.05, 4.69) is 28.8 Å². The Morgan fingerprint density at radius 1 is 1.10 bits per heavy atom. The zero-order chi connectivity index (χ0) is 14.8. The summed E-state index contributed by atoms with van der Waals surface area (Å²) in [5, 5.41) is 6.35. The van der Waals surface area contributed by atoms with E-state index >= 15 is 0 Å². The highest BCUT2D eigenvalue weighted by Crippen LogP contribution is 2.17. The van der Waals surface area contributed by atoms with Gasteiger partial charge in [-0.2, -0.15) is 0 Å². The number of fused-ring (bicyclic) bond motifs is 1. The molecular formula is C18H20N2O. The molecule has 2 N–H and O–H groups in total. The minimum Gasteiger partial charge on any atom is -0.348 e. The van der Waals surface area contributed by atoms with Gasteiger partial charge in [-0.15, -0.1) is 0 Å². The van der Waals surface area contributed by atoms with Crippen molar-refractivity contribution >= 4 is 5.91 Å². The highest BCUT2D eigenvalue weighted by molar-refractivity contribution is 5.95. The van der Waals surface area contributed by atoms with E-state index in [1.54, 1.807) is 0 Å². The number of nitrogens with one attached hydrogen (secondary N) is 2. The third kappa shape index (κ3) is 2.98. The zero-order valence-electron chi connectivity index (χ0n) is 12.5. The number of amides is 1. The molecule has 0 saturated carbocycles. The Hall–Kier alpha value is -2.13. The first-order valence-electron chi connectivity index (χ1n) is 7.30. The minimum atomic E-state index is -0.00479. The molecule has 3 heteroatoms. The van der Waals surface area contributed by atoms with Crippen LogP contribution in [0.2, 0.25) is 0 Å². The molecule has 0 aromatic heterocycles. The molecule has 0 spiro atoms. The molecule has 3 rings (SSSR count). The smallest absolute Gasteiger partial charge is 0.251 e. The van der Waals surface area contributed by atoms with E-state index < -0.39 is 0 Å². The first kappa shape index (κ1) is 13.8. The third-order valence-electron chi connectivity index (χ3n) is 3.99. The Labute approximate surface area is 125 Å². The molecule has 3 nitrogen and oxygen atoms in total. The van der Waals surface area contributed by atoms with Crippen LogP contribution < -0.4 is 10.6 Å². The summed E-state index contributed by atoms with van der Waals surface area (Å²) < 4.78 is 0. The van der Waals surface area contributed by atoms with Crippen LogP contribution in [0.5, 0.6) is 0 Å². The van der Waals surface area contributed by atoms with Crippen LogP contribution in [-0.4, -0.2) is 5.91 Å². The van der Waals surface area contributed by atoms with Crippen molar-refractivity contribution in [2.75, 3.05) is 0 Å². The second kappa shape index (κ2) is 5.70. The number of hydrogen-bond acceptors (Lipinski definition) is 2. The lowest BCUT2D eigenvalue weighted by atomic mass is 10.0. The van der Waals surface area contributed by atoms with Gasteiger partial charge in [0.15, 0.2) is 0 Å². The van der Waals surface area contributed by atoms with Gasteiger partial charge >= 0.3 is 0 Å². The SMILES string of the molecule is Cc1ccc(C)c(C(=O)NCc2ccc3c(c2)CNC3)c1. The van der Waals surface area contributed by atoms with Crippen LogP contribution in [0.4, 0.5) is 0 Å². The summed E-state index contributed by atoms with van der Waals surface area (Å²) in [4.78, 5) is 12.3. The number of benzene rings is 2. The van der Waals surface area contributed by atoms with Crippen LogP contribution in [0.1, 0.15) is 38.2 Å². The number of carbonyl (C=O) groups is 1. The molecule has 0 aliphatic carbocycles. The van der Waals surface area contributed by atoms with Crippen molar-refractivity contribution in [1.29, 1.82) is 0 Å². The standard InChI is InChI=1S/C18H20N2O/c1-12-3-4-13(2)17(7-12)18(21)20-9-14-5-6-15-10-19-11-16(15)8-14/h3-8,19H,9-11H2,1-2H3,(H,20,21). The summed E-state index contributed by atoms with van der Waals surface area (Å²) in [5.41, 5.74) is 6.73. The van der Waals surface area contributed by atoms with Crippen molar-refractivity contribution in [2.24, 2.45) is 0 Å². The van der Waals surface area contributed by atoms with Gasteiger partial charge in [0.05, 0.1) is 0 Å². The number of hydrogen-bond donors (Lipinski definition) is 2. The van der Waals surface area contributed by atoms with E-state index in [0.29, 0.717) is 6.54 Å². The van der Waals surface area contributed by atoms with Crippen molar-refractivity contribution in [3.05, 3.63) is 69.8 Å². The molecule has 108 valence electrons. The second-order valence-corrected chi connectivity index (χ2v) is 5.71. The molecule has 1 aliphatic rings. The molecule has 0 saturated heterocycles. The highest BCUT2D eigenvalue weighted by Gasteiger charge is 2.12. The fraction of sp³-hybridized carbons (Fsp3) is 0.278. The lowest BCUT2D eigenvalue weighted by Crippen LogP contribution is -2.23. The van der Waals surface area contributed by atoms with E-state index in [4.69, 9.17) is 0 Å². The molecule has 2 aromatic rings. The largest absolute Gasteiger partial charge is 0.348 e. The third-order valence-corrected chi connectivity index (χ3v) is 3.99. The van der Waals surface area contributed by atoms with Gasteiger partial charge in [-0.1, -0.05) is 35.9 Å². The highest BCUT2D eigenvalue weighted by atomic mass is 16.1. The van der Waals surface area contributed by atoms with Crippen molar-refractivity contribution in [1.82, 2.24) is 10.6 Å². The molecule has 0 unspecified atom stereocenters. The van der Waals surface area contributed by atoms with Crippen molar-refractivity contribution in [3.63, 3.8) is 0 Å². The first-order chi connectivity index (χ1) is 10.1. The molecule has 1 heterocycles. The predicted molar refractivity (Wildman–Crippen MR) is 84.1 cm³/mol. The van der Waals surface area contributed by atoms with Crippen molar-refractivity contribution < 1.29 is 4.79 Å². The molecule has 0 fully saturated rings. The summed E-state index contributed by atoms with van der Waals surface area (Å²) in [6.45, 7) is 6.41. The second-order valence-electron chi connectivity index (χ2n) is 5.71. The van der Waals surface area contributed by atoms with Crippen LogP contribution in [0.25, 0.3) is 0 Å². The average Bonchev–Trinajstić information content (AvgIpc) is 2.94. The lowest BCUT2D eigenvalue weighted by molar-refractivity contribution is 0.0950. The number of rotatable bonds is 3. The van der Waals surface area contributed by atoms with Crippen LogP contribution in [0.3, 0.4) is 0 Å². The van der Waals surface area contributed by atoms with E-state index in [9.17, 15) is 4.79 Å². The van der Waals surface area contributed by atoms with E-state index in [-0.39, 0.29) is 5.91 Å². The molecule has 0 bridgehead atoms. The molecule has 1 amide bonds. The summed E-state index contributed by atoms with van der Waals surface area (Å²) >= 11 is 0.